The van der Waals surface area contributed by atoms with Crippen molar-refractivity contribution in [1.82, 2.24) is 4.98 Å². The molecule has 2 nitrogen and oxygen atoms in total. The van der Waals surface area contributed by atoms with Gasteiger partial charge in [0.2, 0.25) is 0 Å². The van der Waals surface area contributed by atoms with E-state index in [1.807, 2.05) is 0 Å². The lowest BCUT2D eigenvalue weighted by Gasteiger charge is -2.13. The van der Waals surface area contributed by atoms with Crippen LogP contribution in [-0.4, -0.2) is 4.98 Å². The molecule has 2 N–H and O–H groups in total. The standard InChI is InChI=1S/C13H12F2N2/c14-10-1-2-12(15)11(8-10)13(16)7-9-3-5-17-6-4-9/h1-6,8,13H,7,16H2. The van der Waals surface area contributed by atoms with E-state index in [2.05, 4.69) is 4.98 Å². The molecule has 0 radical (unpaired) electrons. The second-order valence-corrected chi connectivity index (χ2v) is 3.83. The Morgan fingerprint density at radius 1 is 1.12 bits per heavy atom. The van der Waals surface area contributed by atoms with Gasteiger partial charge in [-0.3, -0.25) is 4.98 Å². The minimum Gasteiger partial charge on any atom is -0.324 e. The van der Waals surface area contributed by atoms with Crippen LogP contribution in [0, 0.1) is 11.6 Å². The summed E-state index contributed by atoms with van der Waals surface area (Å²) in [5.74, 6) is -0.959. The van der Waals surface area contributed by atoms with Crippen LogP contribution in [0.1, 0.15) is 17.2 Å². The van der Waals surface area contributed by atoms with E-state index in [0.717, 1.165) is 23.8 Å². The highest BCUT2D eigenvalue weighted by atomic mass is 19.1. The average Bonchev–Trinajstić information content (AvgIpc) is 2.33. The highest BCUT2D eigenvalue weighted by Crippen LogP contribution is 2.19. The predicted octanol–water partition coefficient (Wildman–Crippen LogP) is 2.60. The molecule has 0 aliphatic rings. The minimum atomic E-state index is -0.562. The Morgan fingerprint density at radius 2 is 1.82 bits per heavy atom. The van der Waals surface area contributed by atoms with E-state index in [0.29, 0.717) is 6.42 Å². The largest absolute Gasteiger partial charge is 0.324 e. The van der Waals surface area contributed by atoms with Gasteiger partial charge in [-0.25, -0.2) is 8.78 Å². The fourth-order valence-corrected chi connectivity index (χ4v) is 1.68. The van der Waals surface area contributed by atoms with Crippen molar-refractivity contribution in [3.8, 4) is 0 Å². The number of hydrogen-bond acceptors (Lipinski definition) is 2. The summed E-state index contributed by atoms with van der Waals surface area (Å²) >= 11 is 0. The average molecular weight is 234 g/mol. The first-order valence-electron chi connectivity index (χ1n) is 5.26. The molecule has 0 amide bonds. The normalized spacial score (nSPS) is 12.4. The van der Waals surface area contributed by atoms with Crippen LogP contribution in [0.2, 0.25) is 0 Å². The van der Waals surface area contributed by atoms with Crippen molar-refractivity contribution in [2.24, 2.45) is 5.73 Å². The molecule has 2 aromatic rings. The van der Waals surface area contributed by atoms with E-state index in [4.69, 9.17) is 5.73 Å². The van der Waals surface area contributed by atoms with Crippen LogP contribution in [0.15, 0.2) is 42.7 Å². The first kappa shape index (κ1) is 11.7. The highest BCUT2D eigenvalue weighted by Gasteiger charge is 2.13. The molecule has 0 fully saturated rings. The number of nitrogens with zero attached hydrogens (tertiary/aromatic N) is 1. The Labute approximate surface area is 98.1 Å². The van der Waals surface area contributed by atoms with E-state index in [1.54, 1.807) is 24.5 Å². The summed E-state index contributed by atoms with van der Waals surface area (Å²) in [5, 5.41) is 0. The maximum Gasteiger partial charge on any atom is 0.128 e. The number of benzene rings is 1. The lowest BCUT2D eigenvalue weighted by atomic mass is 10.00. The van der Waals surface area contributed by atoms with Gasteiger partial charge in [0.15, 0.2) is 0 Å². The van der Waals surface area contributed by atoms with E-state index in [-0.39, 0.29) is 5.56 Å². The molecule has 0 spiro atoms. The SMILES string of the molecule is NC(Cc1ccncc1)c1cc(F)ccc1F. The zero-order valence-electron chi connectivity index (χ0n) is 9.11. The van der Waals surface area contributed by atoms with Gasteiger partial charge in [-0.15, -0.1) is 0 Å². The van der Waals surface area contributed by atoms with Gasteiger partial charge in [0.1, 0.15) is 11.6 Å². The van der Waals surface area contributed by atoms with Gasteiger partial charge < -0.3 is 5.73 Å². The first-order valence-corrected chi connectivity index (χ1v) is 5.26. The molecule has 1 heterocycles. The third-order valence-corrected chi connectivity index (χ3v) is 2.56. The fraction of sp³-hybridized carbons (Fsp3) is 0.154. The molecule has 2 rings (SSSR count). The maximum absolute atomic E-state index is 13.5. The zero-order chi connectivity index (χ0) is 12.3. The van der Waals surface area contributed by atoms with Crippen molar-refractivity contribution in [1.29, 1.82) is 0 Å². The molecule has 0 aliphatic heterocycles. The number of halogens is 2. The number of hydrogen-bond donors (Lipinski definition) is 1. The van der Waals surface area contributed by atoms with Crippen molar-refractivity contribution in [2.75, 3.05) is 0 Å². The third kappa shape index (κ3) is 2.85. The summed E-state index contributed by atoms with van der Waals surface area (Å²) in [4.78, 5) is 3.88. The lowest BCUT2D eigenvalue weighted by Crippen LogP contribution is -2.15. The van der Waals surface area contributed by atoms with Gasteiger partial charge in [-0.05, 0) is 42.3 Å². The number of rotatable bonds is 3. The van der Waals surface area contributed by atoms with Crippen molar-refractivity contribution in [3.05, 3.63) is 65.5 Å². The summed E-state index contributed by atoms with van der Waals surface area (Å²) in [7, 11) is 0. The van der Waals surface area contributed by atoms with Gasteiger partial charge in [-0.2, -0.15) is 0 Å². The quantitative estimate of drug-likeness (QED) is 0.886. The molecule has 17 heavy (non-hydrogen) atoms. The van der Waals surface area contributed by atoms with Crippen LogP contribution in [0.3, 0.4) is 0 Å². The van der Waals surface area contributed by atoms with Gasteiger partial charge in [0, 0.05) is 24.0 Å². The molecule has 0 saturated heterocycles. The minimum absolute atomic E-state index is 0.196. The number of aromatic nitrogens is 1. The van der Waals surface area contributed by atoms with Crippen molar-refractivity contribution in [3.63, 3.8) is 0 Å². The van der Waals surface area contributed by atoms with Crippen molar-refractivity contribution in [2.45, 2.75) is 12.5 Å². The topological polar surface area (TPSA) is 38.9 Å². The zero-order valence-corrected chi connectivity index (χ0v) is 9.11. The first-order chi connectivity index (χ1) is 8.16. The van der Waals surface area contributed by atoms with Crippen LogP contribution in [0.5, 0.6) is 0 Å². The Balaban J connectivity index is 2.20. The van der Waals surface area contributed by atoms with Crippen LogP contribution < -0.4 is 5.73 Å². The molecular weight excluding hydrogens is 222 g/mol. The molecule has 88 valence electrons. The highest BCUT2D eigenvalue weighted by molar-refractivity contribution is 5.24. The summed E-state index contributed by atoms with van der Waals surface area (Å²) < 4.78 is 26.5. The Morgan fingerprint density at radius 3 is 2.53 bits per heavy atom. The molecule has 1 unspecified atom stereocenters. The number of nitrogens with two attached hydrogens (primary N) is 1. The monoisotopic (exact) mass is 234 g/mol. The maximum atomic E-state index is 13.5. The van der Waals surface area contributed by atoms with Gasteiger partial charge in [0.25, 0.3) is 0 Å². The molecule has 0 bridgehead atoms. The van der Waals surface area contributed by atoms with Crippen LogP contribution >= 0.6 is 0 Å². The Hall–Kier alpha value is -1.81. The van der Waals surface area contributed by atoms with Crippen LogP contribution in [-0.2, 0) is 6.42 Å². The van der Waals surface area contributed by atoms with Gasteiger partial charge in [0.05, 0.1) is 0 Å². The smallest absolute Gasteiger partial charge is 0.128 e. The summed E-state index contributed by atoms with van der Waals surface area (Å²) in [6, 6.07) is 6.36. The van der Waals surface area contributed by atoms with E-state index in [9.17, 15) is 8.78 Å². The molecule has 1 aromatic heterocycles. The molecule has 4 heteroatoms. The molecular formula is C13H12F2N2. The predicted molar refractivity (Wildman–Crippen MR) is 61.2 cm³/mol. The fourth-order valence-electron chi connectivity index (χ4n) is 1.68. The summed E-state index contributed by atoms with van der Waals surface area (Å²) in [5.41, 5.74) is 7.01. The van der Waals surface area contributed by atoms with Crippen LogP contribution in [0.25, 0.3) is 0 Å². The van der Waals surface area contributed by atoms with E-state index in [1.165, 1.54) is 0 Å². The molecule has 1 atom stereocenters. The second kappa shape index (κ2) is 5.01. The third-order valence-electron chi connectivity index (χ3n) is 2.56. The van der Waals surface area contributed by atoms with Crippen LogP contribution in [0.4, 0.5) is 8.78 Å². The van der Waals surface area contributed by atoms with Crippen molar-refractivity contribution < 1.29 is 8.78 Å². The summed E-state index contributed by atoms with van der Waals surface area (Å²) in [6.45, 7) is 0. The van der Waals surface area contributed by atoms with Gasteiger partial charge >= 0.3 is 0 Å². The van der Waals surface area contributed by atoms with Gasteiger partial charge in [-0.1, -0.05) is 0 Å². The number of pyridine rings is 1. The van der Waals surface area contributed by atoms with E-state index >= 15 is 0 Å². The molecule has 1 aromatic carbocycles. The Bertz CT molecular complexity index is 500. The Kier molecular flexibility index (Phi) is 3.44. The molecule has 0 saturated carbocycles. The summed E-state index contributed by atoms with van der Waals surface area (Å²) in [6.07, 6.45) is 3.73. The molecule has 0 aliphatic carbocycles. The van der Waals surface area contributed by atoms with E-state index < -0.39 is 17.7 Å². The lowest BCUT2D eigenvalue weighted by molar-refractivity contribution is 0.561. The second-order valence-electron chi connectivity index (χ2n) is 3.83. The van der Waals surface area contributed by atoms with Crippen molar-refractivity contribution >= 4 is 0 Å².